The number of carboxylic acids is 1. The molecule has 0 aliphatic heterocycles. The van der Waals surface area contributed by atoms with Gasteiger partial charge in [0.1, 0.15) is 5.82 Å². The minimum Gasteiger partial charge on any atom is -0.481 e. The van der Waals surface area contributed by atoms with Gasteiger partial charge in [-0.3, -0.25) is 4.79 Å². The highest BCUT2D eigenvalue weighted by molar-refractivity contribution is 7.99. The topological polar surface area (TPSA) is 55.1 Å². The summed E-state index contributed by atoms with van der Waals surface area (Å²) in [5, 5.41) is 9.49. The van der Waals surface area contributed by atoms with Crippen LogP contribution < -0.4 is 0 Å². The van der Waals surface area contributed by atoms with Crippen molar-refractivity contribution >= 4 is 28.8 Å². The predicted octanol–water partition coefficient (Wildman–Crippen LogP) is 3.89. The van der Waals surface area contributed by atoms with Gasteiger partial charge in [-0.15, -0.1) is 0 Å². The minimum atomic E-state index is -0.891. The van der Waals surface area contributed by atoms with Crippen molar-refractivity contribution in [3.05, 3.63) is 24.0 Å². The first kappa shape index (κ1) is 15.8. The van der Waals surface area contributed by atoms with Gasteiger partial charge in [-0.2, -0.15) is 0 Å². The molecule has 2 rings (SSSR count). The van der Waals surface area contributed by atoms with E-state index in [-0.39, 0.29) is 17.1 Å². The second-order valence-electron chi connectivity index (χ2n) is 5.61. The zero-order chi connectivity index (χ0) is 15.6. The highest BCUT2D eigenvalue weighted by Gasteiger charge is 2.26. The molecule has 21 heavy (non-hydrogen) atoms. The van der Waals surface area contributed by atoms with Crippen molar-refractivity contribution in [2.45, 2.75) is 44.3 Å². The third-order valence-electron chi connectivity index (χ3n) is 3.38. The van der Waals surface area contributed by atoms with E-state index in [0.717, 1.165) is 18.4 Å². The molecule has 1 aromatic heterocycles. The van der Waals surface area contributed by atoms with Crippen LogP contribution in [0.5, 0.6) is 0 Å². The highest BCUT2D eigenvalue weighted by atomic mass is 32.2. The lowest BCUT2D eigenvalue weighted by Gasteiger charge is -2.28. The number of hydrogen-bond donors (Lipinski definition) is 1. The van der Waals surface area contributed by atoms with Gasteiger partial charge in [0.25, 0.3) is 0 Å². The molecule has 0 atom stereocenters. The second kappa shape index (κ2) is 6.05. The van der Waals surface area contributed by atoms with Gasteiger partial charge in [0, 0.05) is 11.6 Å². The van der Waals surface area contributed by atoms with Crippen LogP contribution in [-0.4, -0.2) is 26.4 Å². The molecule has 0 aliphatic rings. The van der Waals surface area contributed by atoms with E-state index in [9.17, 15) is 9.18 Å². The molecule has 6 heteroatoms. The Kier molecular flexibility index (Phi) is 4.56. The molecule has 0 saturated heterocycles. The van der Waals surface area contributed by atoms with Crippen molar-refractivity contribution in [3.63, 3.8) is 0 Å². The number of imidazole rings is 1. The summed E-state index contributed by atoms with van der Waals surface area (Å²) in [5.41, 5.74) is 1.19. The van der Waals surface area contributed by atoms with Crippen LogP contribution in [0, 0.1) is 5.82 Å². The van der Waals surface area contributed by atoms with E-state index in [2.05, 4.69) is 25.8 Å². The number of halogens is 1. The maximum absolute atomic E-state index is 13.4. The molecule has 0 amide bonds. The smallest absolute Gasteiger partial charge is 0.313 e. The summed E-state index contributed by atoms with van der Waals surface area (Å²) in [7, 11) is 0. The fourth-order valence-corrected chi connectivity index (χ4v) is 3.45. The molecule has 0 unspecified atom stereocenters. The van der Waals surface area contributed by atoms with Gasteiger partial charge in [-0.05, 0) is 32.4 Å². The molecule has 0 fully saturated rings. The molecule has 0 radical (unpaired) electrons. The number of nitrogens with zero attached hydrogens (tertiary/aromatic N) is 2. The first-order chi connectivity index (χ1) is 9.85. The molecular weight excluding hydrogens is 291 g/mol. The number of rotatable bonds is 6. The molecule has 114 valence electrons. The first-order valence-corrected chi connectivity index (χ1v) is 7.87. The van der Waals surface area contributed by atoms with Gasteiger partial charge in [0.05, 0.1) is 16.8 Å². The number of aliphatic carboxylic acids is 1. The van der Waals surface area contributed by atoms with Gasteiger partial charge in [0.15, 0.2) is 5.16 Å². The Morgan fingerprint density at radius 2 is 2.19 bits per heavy atom. The summed E-state index contributed by atoms with van der Waals surface area (Å²) >= 11 is 1.17. The SMILES string of the molecule is CCCC(C)(C)n1c(SCC(=O)O)nc2cc(F)ccc21. The number of benzene rings is 1. The maximum Gasteiger partial charge on any atom is 0.313 e. The Balaban J connectivity index is 2.56. The predicted molar refractivity (Wildman–Crippen MR) is 82.3 cm³/mol. The van der Waals surface area contributed by atoms with E-state index < -0.39 is 5.97 Å². The van der Waals surface area contributed by atoms with Crippen LogP contribution in [0.4, 0.5) is 4.39 Å². The lowest BCUT2D eigenvalue weighted by molar-refractivity contribution is -0.133. The molecule has 4 nitrogen and oxygen atoms in total. The average molecular weight is 310 g/mol. The Morgan fingerprint density at radius 1 is 1.48 bits per heavy atom. The van der Waals surface area contributed by atoms with Gasteiger partial charge in [0.2, 0.25) is 0 Å². The Labute approximate surface area is 127 Å². The molecule has 0 saturated carbocycles. The summed E-state index contributed by atoms with van der Waals surface area (Å²) in [6.07, 6.45) is 1.92. The van der Waals surface area contributed by atoms with E-state index in [1.807, 2.05) is 4.57 Å². The first-order valence-electron chi connectivity index (χ1n) is 6.88. The van der Waals surface area contributed by atoms with Crippen molar-refractivity contribution in [1.82, 2.24) is 9.55 Å². The fourth-order valence-electron chi connectivity index (χ4n) is 2.56. The standard InChI is InChI=1S/C15H19FN2O2S/c1-4-7-15(2,3)18-12-6-5-10(16)8-11(12)17-14(18)21-9-13(19)20/h5-6,8H,4,7,9H2,1-3H3,(H,19,20). The lowest BCUT2D eigenvalue weighted by Crippen LogP contribution is -2.26. The van der Waals surface area contributed by atoms with Crippen LogP contribution in [-0.2, 0) is 10.3 Å². The van der Waals surface area contributed by atoms with Crippen molar-refractivity contribution < 1.29 is 14.3 Å². The van der Waals surface area contributed by atoms with E-state index in [4.69, 9.17) is 5.11 Å². The maximum atomic E-state index is 13.4. The third kappa shape index (κ3) is 3.37. The van der Waals surface area contributed by atoms with Crippen molar-refractivity contribution in [2.75, 3.05) is 5.75 Å². The fraction of sp³-hybridized carbons (Fsp3) is 0.467. The van der Waals surface area contributed by atoms with E-state index in [0.29, 0.717) is 10.7 Å². The number of carbonyl (C=O) groups is 1. The Hall–Kier alpha value is -1.56. The number of carboxylic acid groups (broad SMARTS) is 1. The highest BCUT2D eigenvalue weighted by Crippen LogP contribution is 2.33. The Morgan fingerprint density at radius 3 is 2.81 bits per heavy atom. The van der Waals surface area contributed by atoms with Gasteiger partial charge in [-0.25, -0.2) is 9.37 Å². The molecular formula is C15H19FN2O2S. The quantitative estimate of drug-likeness (QED) is 0.823. The molecule has 2 aromatic rings. The van der Waals surface area contributed by atoms with E-state index in [1.165, 1.54) is 23.9 Å². The van der Waals surface area contributed by atoms with Crippen LogP contribution >= 0.6 is 11.8 Å². The van der Waals surface area contributed by atoms with Crippen molar-refractivity contribution in [1.29, 1.82) is 0 Å². The zero-order valence-electron chi connectivity index (χ0n) is 12.4. The average Bonchev–Trinajstić information content (AvgIpc) is 2.74. The molecule has 0 bridgehead atoms. The summed E-state index contributed by atoms with van der Waals surface area (Å²) in [5.74, 6) is -1.29. The number of hydrogen-bond acceptors (Lipinski definition) is 3. The third-order valence-corrected chi connectivity index (χ3v) is 4.30. The summed E-state index contributed by atoms with van der Waals surface area (Å²) in [4.78, 5) is 15.2. The molecule has 0 spiro atoms. The van der Waals surface area contributed by atoms with Crippen LogP contribution in [0.25, 0.3) is 11.0 Å². The number of aromatic nitrogens is 2. The molecule has 1 heterocycles. The van der Waals surface area contributed by atoms with E-state index in [1.54, 1.807) is 6.07 Å². The van der Waals surface area contributed by atoms with E-state index >= 15 is 0 Å². The largest absolute Gasteiger partial charge is 0.481 e. The zero-order valence-corrected chi connectivity index (χ0v) is 13.2. The molecule has 1 N–H and O–H groups in total. The van der Waals surface area contributed by atoms with Crippen molar-refractivity contribution in [2.24, 2.45) is 0 Å². The summed E-state index contributed by atoms with van der Waals surface area (Å²) in [6, 6.07) is 4.51. The Bertz CT molecular complexity index is 667. The number of thioether (sulfide) groups is 1. The summed E-state index contributed by atoms with van der Waals surface area (Å²) < 4.78 is 15.4. The molecule has 1 aromatic carbocycles. The van der Waals surface area contributed by atoms with Gasteiger partial charge < -0.3 is 9.67 Å². The lowest BCUT2D eigenvalue weighted by atomic mass is 9.98. The number of fused-ring (bicyclic) bond motifs is 1. The van der Waals surface area contributed by atoms with Crippen molar-refractivity contribution in [3.8, 4) is 0 Å². The van der Waals surface area contributed by atoms with Gasteiger partial charge in [-0.1, -0.05) is 25.1 Å². The van der Waals surface area contributed by atoms with Gasteiger partial charge >= 0.3 is 5.97 Å². The molecule has 0 aliphatic carbocycles. The van der Waals surface area contributed by atoms with Crippen LogP contribution in [0.1, 0.15) is 33.6 Å². The monoisotopic (exact) mass is 310 g/mol. The second-order valence-corrected chi connectivity index (χ2v) is 6.55. The minimum absolute atomic E-state index is 0.0615. The van der Waals surface area contributed by atoms with Crippen LogP contribution in [0.3, 0.4) is 0 Å². The van der Waals surface area contributed by atoms with Crippen LogP contribution in [0.2, 0.25) is 0 Å². The van der Waals surface area contributed by atoms with Crippen LogP contribution in [0.15, 0.2) is 23.4 Å². The summed E-state index contributed by atoms with van der Waals surface area (Å²) in [6.45, 7) is 6.28. The normalized spacial score (nSPS) is 12.0.